The third-order valence-corrected chi connectivity index (χ3v) is 2.90. The third kappa shape index (κ3) is 7.63. The Morgan fingerprint density at radius 2 is 2.06 bits per heavy atom. The average Bonchev–Trinajstić information content (AvgIpc) is 2.40. The van der Waals surface area contributed by atoms with Gasteiger partial charge in [0.1, 0.15) is 0 Å². The molecule has 0 bridgehead atoms. The van der Waals surface area contributed by atoms with Gasteiger partial charge in [0.15, 0.2) is 0 Å². The van der Waals surface area contributed by atoms with Gasteiger partial charge in [-0.05, 0) is 25.8 Å². The fourth-order valence-corrected chi connectivity index (χ4v) is 1.84. The van der Waals surface area contributed by atoms with Gasteiger partial charge in [-0.25, -0.2) is 0 Å². The summed E-state index contributed by atoms with van der Waals surface area (Å²) in [5.74, 6) is 0.0698. The maximum absolute atomic E-state index is 11.5. The largest absolute Gasteiger partial charge is 0.381 e. The zero-order valence-corrected chi connectivity index (χ0v) is 11.4. The Bertz CT molecular complexity index is 218. The van der Waals surface area contributed by atoms with Crippen LogP contribution in [-0.4, -0.2) is 51.5 Å². The van der Waals surface area contributed by atoms with Gasteiger partial charge >= 0.3 is 0 Å². The molecule has 106 valence electrons. The van der Waals surface area contributed by atoms with E-state index >= 15 is 0 Å². The first-order chi connectivity index (χ1) is 8.83. The van der Waals surface area contributed by atoms with Gasteiger partial charge in [0.25, 0.3) is 0 Å². The van der Waals surface area contributed by atoms with Crippen molar-refractivity contribution in [3.63, 3.8) is 0 Å². The van der Waals surface area contributed by atoms with E-state index in [9.17, 15) is 4.79 Å². The van der Waals surface area contributed by atoms with E-state index < -0.39 is 0 Å². The van der Waals surface area contributed by atoms with Crippen LogP contribution in [0.3, 0.4) is 0 Å². The van der Waals surface area contributed by atoms with Gasteiger partial charge in [0.05, 0.1) is 12.7 Å². The summed E-state index contributed by atoms with van der Waals surface area (Å²) in [4.78, 5) is 11.5. The molecule has 0 aromatic carbocycles. The third-order valence-electron chi connectivity index (χ3n) is 2.90. The Labute approximate surface area is 110 Å². The standard InChI is InChI=1S/C13H26N2O3/c1-2-6-14-7-8-15-13(16)5-11-18-12-3-9-17-10-4-12/h12,14H,2-11H2,1H3,(H,15,16). The van der Waals surface area contributed by atoms with Crippen molar-refractivity contribution in [1.82, 2.24) is 10.6 Å². The second-order valence-corrected chi connectivity index (χ2v) is 4.53. The summed E-state index contributed by atoms with van der Waals surface area (Å²) in [5, 5.41) is 6.11. The van der Waals surface area contributed by atoms with Crippen LogP contribution in [0.5, 0.6) is 0 Å². The number of carbonyl (C=O) groups excluding carboxylic acids is 1. The fourth-order valence-electron chi connectivity index (χ4n) is 1.84. The molecule has 5 nitrogen and oxygen atoms in total. The lowest BCUT2D eigenvalue weighted by Crippen LogP contribution is -2.33. The topological polar surface area (TPSA) is 59.6 Å². The van der Waals surface area contributed by atoms with E-state index in [0.717, 1.165) is 45.6 Å². The van der Waals surface area contributed by atoms with Crippen molar-refractivity contribution in [2.75, 3.05) is 39.5 Å². The molecule has 1 aliphatic heterocycles. The minimum absolute atomic E-state index is 0.0698. The summed E-state index contributed by atoms with van der Waals surface area (Å²) in [6.07, 6.45) is 3.74. The Morgan fingerprint density at radius 1 is 1.28 bits per heavy atom. The van der Waals surface area contributed by atoms with Gasteiger partial charge in [-0.15, -0.1) is 0 Å². The lowest BCUT2D eigenvalue weighted by atomic mass is 10.1. The Balaban J connectivity index is 1.89. The predicted molar refractivity (Wildman–Crippen MR) is 70.6 cm³/mol. The highest BCUT2D eigenvalue weighted by Crippen LogP contribution is 2.10. The molecule has 18 heavy (non-hydrogen) atoms. The average molecular weight is 258 g/mol. The number of amides is 1. The highest BCUT2D eigenvalue weighted by Gasteiger charge is 2.14. The number of hydrogen-bond acceptors (Lipinski definition) is 4. The van der Waals surface area contributed by atoms with Crippen LogP contribution in [0.1, 0.15) is 32.6 Å². The zero-order valence-electron chi connectivity index (χ0n) is 11.4. The van der Waals surface area contributed by atoms with Crippen molar-refractivity contribution >= 4 is 5.91 Å². The van der Waals surface area contributed by atoms with E-state index in [1.807, 2.05) is 0 Å². The maximum Gasteiger partial charge on any atom is 0.222 e. The SMILES string of the molecule is CCCNCCNC(=O)CCOC1CCOCC1. The van der Waals surface area contributed by atoms with Crippen LogP contribution in [0, 0.1) is 0 Å². The summed E-state index contributed by atoms with van der Waals surface area (Å²) >= 11 is 0. The Hall–Kier alpha value is -0.650. The van der Waals surface area contributed by atoms with Gasteiger partial charge in [0, 0.05) is 32.7 Å². The number of carbonyl (C=O) groups is 1. The molecule has 1 rings (SSSR count). The van der Waals surface area contributed by atoms with Gasteiger partial charge < -0.3 is 20.1 Å². The van der Waals surface area contributed by atoms with Crippen LogP contribution in [-0.2, 0) is 14.3 Å². The molecule has 0 saturated carbocycles. The molecule has 0 aromatic heterocycles. The lowest BCUT2D eigenvalue weighted by Gasteiger charge is -2.22. The van der Waals surface area contributed by atoms with Crippen LogP contribution in [0.25, 0.3) is 0 Å². The molecule has 2 N–H and O–H groups in total. The lowest BCUT2D eigenvalue weighted by molar-refractivity contribution is -0.123. The Kier molecular flexibility index (Phi) is 8.81. The quantitative estimate of drug-likeness (QED) is 0.597. The molecule has 1 saturated heterocycles. The van der Waals surface area contributed by atoms with E-state index in [1.165, 1.54) is 0 Å². The first-order valence-electron chi connectivity index (χ1n) is 6.99. The van der Waals surface area contributed by atoms with Gasteiger partial charge in [0.2, 0.25) is 5.91 Å². The molecule has 0 unspecified atom stereocenters. The minimum Gasteiger partial charge on any atom is -0.381 e. The molecule has 0 atom stereocenters. The van der Waals surface area contributed by atoms with Crippen LogP contribution in [0.15, 0.2) is 0 Å². The molecule has 5 heteroatoms. The van der Waals surface area contributed by atoms with E-state index in [4.69, 9.17) is 9.47 Å². The van der Waals surface area contributed by atoms with Gasteiger partial charge in [-0.1, -0.05) is 6.92 Å². The van der Waals surface area contributed by atoms with Crippen molar-refractivity contribution in [2.24, 2.45) is 0 Å². The number of nitrogens with one attached hydrogen (secondary N) is 2. The molecule has 0 aromatic rings. The molecule has 1 heterocycles. The highest BCUT2D eigenvalue weighted by atomic mass is 16.5. The van der Waals surface area contributed by atoms with E-state index in [0.29, 0.717) is 19.6 Å². The molecule has 1 fully saturated rings. The van der Waals surface area contributed by atoms with E-state index in [1.54, 1.807) is 0 Å². The first kappa shape index (κ1) is 15.4. The van der Waals surface area contributed by atoms with Crippen LogP contribution in [0.4, 0.5) is 0 Å². The molecular weight excluding hydrogens is 232 g/mol. The van der Waals surface area contributed by atoms with Crippen LogP contribution >= 0.6 is 0 Å². The molecular formula is C13H26N2O3. The van der Waals surface area contributed by atoms with E-state index in [2.05, 4.69) is 17.6 Å². The molecule has 1 amide bonds. The van der Waals surface area contributed by atoms with Gasteiger partial charge in [-0.3, -0.25) is 4.79 Å². The number of rotatable bonds is 9. The molecule has 0 aliphatic carbocycles. The summed E-state index contributed by atoms with van der Waals surface area (Å²) in [7, 11) is 0. The predicted octanol–water partition coefficient (Wildman–Crippen LogP) is 0.688. The van der Waals surface area contributed by atoms with Crippen molar-refractivity contribution in [2.45, 2.75) is 38.7 Å². The van der Waals surface area contributed by atoms with Crippen molar-refractivity contribution in [3.05, 3.63) is 0 Å². The van der Waals surface area contributed by atoms with Crippen molar-refractivity contribution in [3.8, 4) is 0 Å². The monoisotopic (exact) mass is 258 g/mol. The summed E-state index contributed by atoms with van der Waals surface area (Å²) in [6.45, 7) is 6.72. The van der Waals surface area contributed by atoms with Crippen LogP contribution < -0.4 is 10.6 Å². The minimum atomic E-state index is 0.0698. The van der Waals surface area contributed by atoms with Crippen LogP contribution in [0.2, 0.25) is 0 Å². The fraction of sp³-hybridized carbons (Fsp3) is 0.923. The maximum atomic E-state index is 11.5. The highest BCUT2D eigenvalue weighted by molar-refractivity contribution is 5.75. The first-order valence-corrected chi connectivity index (χ1v) is 6.99. The van der Waals surface area contributed by atoms with Gasteiger partial charge in [-0.2, -0.15) is 0 Å². The molecule has 1 aliphatic rings. The van der Waals surface area contributed by atoms with Crippen molar-refractivity contribution < 1.29 is 14.3 Å². The molecule has 0 spiro atoms. The second kappa shape index (κ2) is 10.3. The Morgan fingerprint density at radius 3 is 2.78 bits per heavy atom. The smallest absolute Gasteiger partial charge is 0.222 e. The number of ether oxygens (including phenoxy) is 2. The zero-order chi connectivity index (χ0) is 13.1. The summed E-state index contributed by atoms with van der Waals surface area (Å²) in [6, 6.07) is 0. The normalized spacial score (nSPS) is 16.7. The second-order valence-electron chi connectivity index (χ2n) is 4.53. The summed E-state index contributed by atoms with van der Waals surface area (Å²) in [5.41, 5.74) is 0. The van der Waals surface area contributed by atoms with Crippen molar-refractivity contribution in [1.29, 1.82) is 0 Å². The number of hydrogen-bond donors (Lipinski definition) is 2. The molecule has 0 radical (unpaired) electrons. The summed E-state index contributed by atoms with van der Waals surface area (Å²) < 4.78 is 10.9. The van der Waals surface area contributed by atoms with E-state index in [-0.39, 0.29) is 12.0 Å².